The molecule has 0 saturated heterocycles. The van der Waals surface area contributed by atoms with Crippen molar-refractivity contribution in [2.24, 2.45) is 0 Å². The van der Waals surface area contributed by atoms with Gasteiger partial charge in [-0.05, 0) is 37.3 Å². The quantitative estimate of drug-likeness (QED) is 0.586. The second kappa shape index (κ2) is 7.09. The van der Waals surface area contributed by atoms with Crippen LogP contribution in [0.1, 0.15) is 6.92 Å². The summed E-state index contributed by atoms with van der Waals surface area (Å²) < 4.78 is 1.98. The maximum Gasteiger partial charge on any atom is 0.237 e. The van der Waals surface area contributed by atoms with Crippen LogP contribution in [0.25, 0.3) is 10.2 Å². The van der Waals surface area contributed by atoms with Crippen molar-refractivity contribution in [1.29, 1.82) is 0 Å². The molecular formula is C16H12Cl2N2OS2. The Bertz CT molecular complexity index is 833. The number of rotatable bonds is 4. The minimum absolute atomic E-state index is 0.140. The predicted octanol–water partition coefficient (Wildman–Crippen LogP) is 5.72. The lowest BCUT2D eigenvalue weighted by Crippen LogP contribution is -2.22. The molecule has 7 heteroatoms. The van der Waals surface area contributed by atoms with Gasteiger partial charge in [0.25, 0.3) is 0 Å². The third-order valence-electron chi connectivity index (χ3n) is 3.11. The summed E-state index contributed by atoms with van der Waals surface area (Å²) in [7, 11) is 0. The maximum atomic E-state index is 12.3. The van der Waals surface area contributed by atoms with Gasteiger partial charge in [-0.3, -0.25) is 4.79 Å². The van der Waals surface area contributed by atoms with Gasteiger partial charge in [-0.2, -0.15) is 0 Å². The largest absolute Gasteiger partial charge is 0.324 e. The van der Waals surface area contributed by atoms with Crippen molar-refractivity contribution in [2.45, 2.75) is 16.5 Å². The standard InChI is InChI=1S/C16H12Cl2N2OS2/c1-9(15(21)19-13-8-10(17)6-7-11(13)18)22-16-20-12-4-2-3-5-14(12)23-16/h2-9H,1H3,(H,19,21)/t9-/m0/s1. The van der Waals surface area contributed by atoms with E-state index >= 15 is 0 Å². The van der Waals surface area contributed by atoms with Crippen LogP contribution in [-0.2, 0) is 4.79 Å². The summed E-state index contributed by atoms with van der Waals surface area (Å²) in [5.74, 6) is -0.140. The number of benzene rings is 2. The van der Waals surface area contributed by atoms with E-state index in [-0.39, 0.29) is 11.2 Å². The number of nitrogens with one attached hydrogen (secondary N) is 1. The molecular weight excluding hydrogens is 371 g/mol. The normalized spacial score (nSPS) is 12.3. The topological polar surface area (TPSA) is 42.0 Å². The molecule has 1 atom stereocenters. The number of anilines is 1. The fourth-order valence-corrected chi connectivity index (χ4v) is 4.48. The minimum atomic E-state index is -0.300. The SMILES string of the molecule is C[C@H](Sc1nc2ccccc2s1)C(=O)Nc1cc(Cl)ccc1Cl. The third-order valence-corrected chi connectivity index (χ3v) is 5.90. The number of halogens is 2. The number of hydrogen-bond donors (Lipinski definition) is 1. The summed E-state index contributed by atoms with van der Waals surface area (Å²) in [6.07, 6.45) is 0. The number of carbonyl (C=O) groups is 1. The molecule has 0 aliphatic carbocycles. The zero-order valence-electron chi connectivity index (χ0n) is 12.0. The van der Waals surface area contributed by atoms with Crippen LogP contribution in [0.3, 0.4) is 0 Å². The van der Waals surface area contributed by atoms with Gasteiger partial charge in [0.05, 0.1) is 26.2 Å². The van der Waals surface area contributed by atoms with Crippen LogP contribution in [0.5, 0.6) is 0 Å². The number of para-hydroxylation sites is 1. The molecule has 0 spiro atoms. The van der Waals surface area contributed by atoms with Gasteiger partial charge in [0.15, 0.2) is 4.34 Å². The molecule has 1 amide bonds. The van der Waals surface area contributed by atoms with E-state index in [1.165, 1.54) is 11.8 Å². The average Bonchev–Trinajstić information content (AvgIpc) is 2.93. The summed E-state index contributed by atoms with van der Waals surface area (Å²) in [6, 6.07) is 12.9. The number of hydrogen-bond acceptors (Lipinski definition) is 4. The van der Waals surface area contributed by atoms with Crippen molar-refractivity contribution in [1.82, 2.24) is 4.98 Å². The first-order valence-electron chi connectivity index (χ1n) is 6.81. The van der Waals surface area contributed by atoms with Crippen LogP contribution in [0, 0.1) is 0 Å². The lowest BCUT2D eigenvalue weighted by atomic mass is 10.3. The third kappa shape index (κ3) is 3.98. The Morgan fingerprint density at radius 3 is 2.83 bits per heavy atom. The van der Waals surface area contributed by atoms with E-state index in [9.17, 15) is 4.79 Å². The van der Waals surface area contributed by atoms with Crippen LogP contribution >= 0.6 is 46.3 Å². The van der Waals surface area contributed by atoms with E-state index < -0.39 is 0 Å². The molecule has 1 aromatic heterocycles. The average molecular weight is 383 g/mol. The fraction of sp³-hybridized carbons (Fsp3) is 0.125. The molecule has 3 rings (SSSR count). The van der Waals surface area contributed by atoms with E-state index in [0.29, 0.717) is 15.7 Å². The van der Waals surface area contributed by atoms with Crippen LogP contribution in [-0.4, -0.2) is 16.1 Å². The molecule has 1 heterocycles. The Labute approximate surface area is 152 Å². The zero-order valence-corrected chi connectivity index (χ0v) is 15.2. The molecule has 0 aliphatic heterocycles. The van der Waals surface area contributed by atoms with Gasteiger partial charge in [0.1, 0.15) is 0 Å². The summed E-state index contributed by atoms with van der Waals surface area (Å²) in [4.78, 5) is 16.9. The Morgan fingerprint density at radius 1 is 1.26 bits per heavy atom. The monoisotopic (exact) mass is 382 g/mol. The lowest BCUT2D eigenvalue weighted by Gasteiger charge is -2.11. The Kier molecular flexibility index (Phi) is 5.11. The minimum Gasteiger partial charge on any atom is -0.324 e. The summed E-state index contributed by atoms with van der Waals surface area (Å²) in [6.45, 7) is 1.84. The number of fused-ring (bicyclic) bond motifs is 1. The van der Waals surface area contributed by atoms with Crippen molar-refractivity contribution in [3.63, 3.8) is 0 Å². The van der Waals surface area contributed by atoms with Crippen LogP contribution in [0.15, 0.2) is 46.8 Å². The molecule has 1 N–H and O–H groups in total. The number of amides is 1. The van der Waals surface area contributed by atoms with E-state index in [1.807, 2.05) is 31.2 Å². The molecule has 0 aliphatic rings. The van der Waals surface area contributed by atoms with E-state index in [1.54, 1.807) is 29.5 Å². The van der Waals surface area contributed by atoms with Gasteiger partial charge in [0.2, 0.25) is 5.91 Å². The summed E-state index contributed by atoms with van der Waals surface area (Å²) in [5, 5.41) is 3.49. The molecule has 118 valence electrons. The second-order valence-electron chi connectivity index (χ2n) is 4.82. The molecule has 0 radical (unpaired) electrons. The zero-order chi connectivity index (χ0) is 16.4. The second-order valence-corrected chi connectivity index (χ2v) is 8.28. The van der Waals surface area contributed by atoms with Gasteiger partial charge in [-0.25, -0.2) is 4.98 Å². The highest BCUT2D eigenvalue weighted by atomic mass is 35.5. The van der Waals surface area contributed by atoms with Gasteiger partial charge in [-0.1, -0.05) is 47.1 Å². The molecule has 0 fully saturated rings. The Hall–Kier alpha value is -1.27. The summed E-state index contributed by atoms with van der Waals surface area (Å²) >= 11 is 15.0. The number of aromatic nitrogens is 1. The first-order valence-corrected chi connectivity index (χ1v) is 9.26. The van der Waals surface area contributed by atoms with Gasteiger partial charge < -0.3 is 5.32 Å². The van der Waals surface area contributed by atoms with E-state index in [4.69, 9.17) is 23.2 Å². The highest BCUT2D eigenvalue weighted by Crippen LogP contribution is 2.33. The number of thiazole rings is 1. The van der Waals surface area contributed by atoms with Crippen molar-refractivity contribution < 1.29 is 4.79 Å². The highest BCUT2D eigenvalue weighted by Gasteiger charge is 2.18. The number of thioether (sulfide) groups is 1. The smallest absolute Gasteiger partial charge is 0.237 e. The number of nitrogens with zero attached hydrogens (tertiary/aromatic N) is 1. The van der Waals surface area contributed by atoms with Crippen molar-refractivity contribution in [3.05, 3.63) is 52.5 Å². The van der Waals surface area contributed by atoms with Gasteiger partial charge in [-0.15, -0.1) is 11.3 Å². The molecule has 2 aromatic carbocycles. The van der Waals surface area contributed by atoms with Crippen LogP contribution in [0.4, 0.5) is 5.69 Å². The van der Waals surface area contributed by atoms with Gasteiger partial charge >= 0.3 is 0 Å². The predicted molar refractivity (Wildman–Crippen MR) is 100 cm³/mol. The van der Waals surface area contributed by atoms with Crippen molar-refractivity contribution in [2.75, 3.05) is 5.32 Å². The molecule has 0 bridgehead atoms. The molecule has 0 saturated carbocycles. The Balaban J connectivity index is 1.71. The highest BCUT2D eigenvalue weighted by molar-refractivity contribution is 8.02. The summed E-state index contributed by atoms with van der Waals surface area (Å²) in [5.41, 5.74) is 1.46. The molecule has 0 unspecified atom stereocenters. The lowest BCUT2D eigenvalue weighted by molar-refractivity contribution is -0.115. The van der Waals surface area contributed by atoms with Crippen LogP contribution < -0.4 is 5.32 Å². The molecule has 3 nitrogen and oxygen atoms in total. The van der Waals surface area contributed by atoms with Crippen molar-refractivity contribution >= 4 is 68.1 Å². The van der Waals surface area contributed by atoms with E-state index in [0.717, 1.165) is 14.6 Å². The first-order chi connectivity index (χ1) is 11.0. The fourth-order valence-electron chi connectivity index (χ4n) is 1.93. The van der Waals surface area contributed by atoms with E-state index in [2.05, 4.69) is 10.3 Å². The van der Waals surface area contributed by atoms with Crippen molar-refractivity contribution in [3.8, 4) is 0 Å². The van der Waals surface area contributed by atoms with Crippen LogP contribution in [0.2, 0.25) is 10.0 Å². The Morgan fingerprint density at radius 2 is 2.04 bits per heavy atom. The first kappa shape index (κ1) is 16.6. The molecule has 23 heavy (non-hydrogen) atoms. The number of carbonyl (C=O) groups excluding carboxylic acids is 1. The van der Waals surface area contributed by atoms with Gasteiger partial charge in [0, 0.05) is 5.02 Å². The molecule has 3 aromatic rings. The maximum absolute atomic E-state index is 12.3.